The quantitative estimate of drug-likeness (QED) is 0.193. The molecule has 0 saturated carbocycles. The Morgan fingerprint density at radius 1 is 0.676 bits per heavy atom. The molecule has 214 valence electrons. The molecule has 2 rings (SSSR count). The van der Waals surface area contributed by atoms with Crippen LogP contribution < -0.4 is 0 Å². The van der Waals surface area contributed by atoms with Gasteiger partial charge < -0.3 is 19.3 Å². The molecule has 2 aliphatic rings. The molecule has 2 aliphatic heterocycles. The minimum absolute atomic E-state index is 0.0847. The number of amides is 2. The van der Waals surface area contributed by atoms with Crippen molar-refractivity contribution in [2.45, 2.75) is 111 Å². The lowest BCUT2D eigenvalue weighted by molar-refractivity contribution is -0.148. The molecule has 0 bridgehead atoms. The van der Waals surface area contributed by atoms with Gasteiger partial charge in [-0.05, 0) is 19.3 Å². The Balaban J connectivity index is 0.000000397. The first kappa shape index (κ1) is 32.9. The van der Waals surface area contributed by atoms with Crippen LogP contribution in [0.5, 0.6) is 0 Å². The normalized spacial score (nSPS) is 19.1. The van der Waals surface area contributed by atoms with E-state index in [-0.39, 0.29) is 35.6 Å². The van der Waals surface area contributed by atoms with E-state index in [4.69, 9.17) is 4.74 Å². The van der Waals surface area contributed by atoms with Crippen LogP contribution in [0.2, 0.25) is 0 Å². The zero-order valence-electron chi connectivity index (χ0n) is 23.9. The van der Waals surface area contributed by atoms with Crippen molar-refractivity contribution in [2.75, 3.05) is 39.9 Å². The standard InChI is InChI=1S/C18H33NO3.C11H19NO3/c1-3-5-7-8-9-11-13-22-18(21)16-14-17(20)19(15-16)12-10-6-4-2;1-3-4-5-6-12-8-9(7-10(12)13)11(14)15-2/h16H,3-15H2,1-2H3;9H,3-8H2,1-2H3. The highest BCUT2D eigenvalue weighted by Gasteiger charge is 2.35. The van der Waals surface area contributed by atoms with Crippen LogP contribution in [-0.2, 0) is 28.7 Å². The van der Waals surface area contributed by atoms with Crippen molar-refractivity contribution in [2.24, 2.45) is 11.8 Å². The van der Waals surface area contributed by atoms with Gasteiger partial charge in [0.05, 0.1) is 25.6 Å². The van der Waals surface area contributed by atoms with Crippen LogP contribution in [0.4, 0.5) is 0 Å². The number of esters is 2. The SMILES string of the molecule is CCCCCCCCOC(=O)C1CC(=O)N(CCCCC)C1.CCCCCN1CC(C(=O)OC)CC1=O. The molecule has 0 radical (unpaired) electrons. The second-order valence-corrected chi connectivity index (χ2v) is 10.4. The van der Waals surface area contributed by atoms with Gasteiger partial charge in [-0.15, -0.1) is 0 Å². The molecular formula is C29H52N2O6. The van der Waals surface area contributed by atoms with E-state index in [1.54, 1.807) is 4.90 Å². The van der Waals surface area contributed by atoms with Crippen LogP contribution in [0.1, 0.15) is 111 Å². The highest BCUT2D eigenvalue weighted by molar-refractivity contribution is 5.87. The Bertz CT molecular complexity index is 683. The van der Waals surface area contributed by atoms with Crippen LogP contribution in [0.25, 0.3) is 0 Å². The van der Waals surface area contributed by atoms with Gasteiger partial charge in [0.1, 0.15) is 0 Å². The Morgan fingerprint density at radius 2 is 1.11 bits per heavy atom. The second kappa shape index (κ2) is 19.9. The Hall–Kier alpha value is -2.12. The fraction of sp³-hybridized carbons (Fsp3) is 0.862. The number of unbranched alkanes of at least 4 members (excludes halogenated alkanes) is 9. The zero-order valence-corrected chi connectivity index (χ0v) is 23.9. The topological polar surface area (TPSA) is 93.2 Å². The van der Waals surface area contributed by atoms with Crippen molar-refractivity contribution >= 4 is 23.8 Å². The first-order valence-electron chi connectivity index (χ1n) is 14.7. The smallest absolute Gasteiger partial charge is 0.311 e. The molecule has 2 fully saturated rings. The van der Waals surface area contributed by atoms with Crippen molar-refractivity contribution < 1.29 is 28.7 Å². The third kappa shape index (κ3) is 13.3. The van der Waals surface area contributed by atoms with Gasteiger partial charge in [0, 0.05) is 39.0 Å². The van der Waals surface area contributed by atoms with Gasteiger partial charge in [0.15, 0.2) is 0 Å². The van der Waals surface area contributed by atoms with Crippen LogP contribution in [0.3, 0.4) is 0 Å². The largest absolute Gasteiger partial charge is 0.469 e. The van der Waals surface area contributed by atoms with Crippen molar-refractivity contribution in [1.29, 1.82) is 0 Å². The molecule has 0 spiro atoms. The van der Waals surface area contributed by atoms with E-state index in [1.807, 2.05) is 4.90 Å². The number of likely N-dealkylation sites (tertiary alicyclic amines) is 2. The zero-order chi connectivity index (χ0) is 27.5. The van der Waals surface area contributed by atoms with Gasteiger partial charge in [0.25, 0.3) is 0 Å². The predicted octanol–water partition coefficient (Wildman–Crippen LogP) is 5.13. The van der Waals surface area contributed by atoms with E-state index in [2.05, 4.69) is 25.5 Å². The van der Waals surface area contributed by atoms with Gasteiger partial charge in [-0.25, -0.2) is 0 Å². The molecule has 37 heavy (non-hydrogen) atoms. The first-order valence-corrected chi connectivity index (χ1v) is 14.7. The van der Waals surface area contributed by atoms with Gasteiger partial charge >= 0.3 is 11.9 Å². The molecule has 0 aliphatic carbocycles. The van der Waals surface area contributed by atoms with E-state index in [0.717, 1.165) is 64.5 Å². The Kier molecular flexibility index (Phi) is 17.7. The summed E-state index contributed by atoms with van der Waals surface area (Å²) in [6, 6.07) is 0. The van der Waals surface area contributed by atoms with Gasteiger partial charge in [-0.1, -0.05) is 78.6 Å². The molecule has 0 aromatic rings. The highest BCUT2D eigenvalue weighted by atomic mass is 16.5. The number of rotatable bonds is 17. The van der Waals surface area contributed by atoms with E-state index in [0.29, 0.717) is 32.5 Å². The minimum atomic E-state index is -0.263. The number of carbonyl (C=O) groups is 4. The summed E-state index contributed by atoms with van der Waals surface area (Å²) in [5.74, 6) is -0.737. The van der Waals surface area contributed by atoms with Crippen LogP contribution in [-0.4, -0.2) is 73.4 Å². The summed E-state index contributed by atoms with van der Waals surface area (Å²) < 4.78 is 9.98. The maximum Gasteiger partial charge on any atom is 0.311 e. The molecule has 8 heteroatoms. The molecule has 0 aromatic heterocycles. The number of hydrogen-bond acceptors (Lipinski definition) is 6. The van der Waals surface area contributed by atoms with Crippen molar-refractivity contribution in [3.05, 3.63) is 0 Å². The molecule has 8 nitrogen and oxygen atoms in total. The van der Waals surface area contributed by atoms with Gasteiger partial charge in [-0.2, -0.15) is 0 Å². The minimum Gasteiger partial charge on any atom is -0.469 e. The molecule has 2 heterocycles. The second-order valence-electron chi connectivity index (χ2n) is 10.4. The first-order chi connectivity index (χ1) is 17.9. The molecule has 0 N–H and O–H groups in total. The summed E-state index contributed by atoms with van der Waals surface area (Å²) in [6.07, 6.45) is 14.4. The summed E-state index contributed by atoms with van der Waals surface area (Å²) >= 11 is 0. The summed E-state index contributed by atoms with van der Waals surface area (Å²) in [5, 5.41) is 0. The van der Waals surface area contributed by atoms with E-state index >= 15 is 0 Å². The Morgan fingerprint density at radius 3 is 1.59 bits per heavy atom. The monoisotopic (exact) mass is 524 g/mol. The highest BCUT2D eigenvalue weighted by Crippen LogP contribution is 2.21. The molecular weight excluding hydrogens is 472 g/mol. The summed E-state index contributed by atoms with van der Waals surface area (Å²) in [6.45, 7) is 9.64. The number of ether oxygens (including phenoxy) is 2. The number of nitrogens with zero attached hydrogens (tertiary/aromatic N) is 2. The third-order valence-corrected chi connectivity index (χ3v) is 7.10. The molecule has 2 atom stereocenters. The van der Waals surface area contributed by atoms with Gasteiger partial charge in [0.2, 0.25) is 11.8 Å². The van der Waals surface area contributed by atoms with Crippen molar-refractivity contribution in [1.82, 2.24) is 9.80 Å². The van der Waals surface area contributed by atoms with Crippen molar-refractivity contribution in [3.8, 4) is 0 Å². The fourth-order valence-electron chi connectivity index (χ4n) is 4.74. The van der Waals surface area contributed by atoms with E-state index in [1.165, 1.54) is 32.8 Å². The molecule has 0 aromatic carbocycles. The number of carbonyl (C=O) groups excluding carboxylic acids is 4. The lowest BCUT2D eigenvalue weighted by Crippen LogP contribution is -2.27. The molecule has 2 unspecified atom stereocenters. The third-order valence-electron chi connectivity index (χ3n) is 7.10. The maximum atomic E-state index is 12.0. The lowest BCUT2D eigenvalue weighted by Gasteiger charge is -2.16. The summed E-state index contributed by atoms with van der Waals surface area (Å²) in [5.41, 5.74) is 0. The number of hydrogen-bond donors (Lipinski definition) is 0. The lowest BCUT2D eigenvalue weighted by atomic mass is 10.1. The Labute approximate surface area is 224 Å². The molecule has 2 amide bonds. The summed E-state index contributed by atoms with van der Waals surface area (Å²) in [7, 11) is 1.37. The average Bonchev–Trinajstić information content (AvgIpc) is 3.45. The maximum absolute atomic E-state index is 12.0. The average molecular weight is 525 g/mol. The predicted molar refractivity (Wildman–Crippen MR) is 145 cm³/mol. The van der Waals surface area contributed by atoms with E-state index in [9.17, 15) is 19.2 Å². The van der Waals surface area contributed by atoms with Crippen LogP contribution >= 0.6 is 0 Å². The van der Waals surface area contributed by atoms with Gasteiger partial charge in [-0.3, -0.25) is 19.2 Å². The van der Waals surface area contributed by atoms with E-state index < -0.39 is 0 Å². The number of methoxy groups -OCH3 is 1. The molecule has 2 saturated heterocycles. The van der Waals surface area contributed by atoms with Crippen LogP contribution in [0.15, 0.2) is 0 Å². The van der Waals surface area contributed by atoms with Crippen LogP contribution in [0, 0.1) is 11.8 Å². The summed E-state index contributed by atoms with van der Waals surface area (Å²) in [4.78, 5) is 50.2. The fourth-order valence-corrected chi connectivity index (χ4v) is 4.74. The van der Waals surface area contributed by atoms with Crippen molar-refractivity contribution in [3.63, 3.8) is 0 Å².